The molecule has 54 valence electrons. The minimum absolute atomic E-state index is 0.570. The van der Waals surface area contributed by atoms with Crippen molar-refractivity contribution in [1.29, 1.82) is 0 Å². The van der Waals surface area contributed by atoms with Crippen molar-refractivity contribution in [3.05, 3.63) is 16.3 Å². The van der Waals surface area contributed by atoms with E-state index in [0.717, 1.165) is 6.29 Å². The number of hydrogen-bond acceptors (Lipinski definition) is 3. The van der Waals surface area contributed by atoms with E-state index in [2.05, 4.69) is 0 Å². The van der Waals surface area contributed by atoms with Crippen molar-refractivity contribution in [2.45, 2.75) is 4.90 Å². The van der Waals surface area contributed by atoms with E-state index < -0.39 is 11.2 Å². The summed E-state index contributed by atoms with van der Waals surface area (Å²) < 4.78 is 10.8. The molecule has 1 unspecified atom stereocenters. The monoisotopic (exact) mass is 174 g/mol. The van der Waals surface area contributed by atoms with Crippen molar-refractivity contribution >= 4 is 28.8 Å². The maximum Gasteiger partial charge on any atom is 0.173 e. The molecule has 1 rings (SSSR count). The number of aldehydes is 1. The Labute approximate surface area is 66.1 Å². The van der Waals surface area contributed by atoms with Gasteiger partial charge in [-0.2, -0.15) is 0 Å². The van der Waals surface area contributed by atoms with Crippen LogP contribution in [-0.2, 0) is 11.2 Å². The third-order valence-electron chi connectivity index (χ3n) is 1.07. The lowest BCUT2D eigenvalue weighted by Crippen LogP contribution is -1.97. The van der Waals surface area contributed by atoms with Crippen LogP contribution < -0.4 is 0 Å². The van der Waals surface area contributed by atoms with E-state index in [1.165, 1.54) is 11.3 Å². The van der Waals surface area contributed by atoms with Crippen molar-refractivity contribution in [1.82, 2.24) is 0 Å². The molecular formula is C6H6O2S2. The van der Waals surface area contributed by atoms with E-state index in [-0.39, 0.29) is 0 Å². The van der Waals surface area contributed by atoms with E-state index in [0.29, 0.717) is 9.77 Å². The average molecular weight is 174 g/mol. The summed E-state index contributed by atoms with van der Waals surface area (Å²) in [7, 11) is 0. The maximum atomic E-state index is 10.8. The van der Waals surface area contributed by atoms with Crippen LogP contribution in [0.5, 0.6) is 0 Å². The minimum Gasteiger partial charge on any atom is -0.612 e. The summed E-state index contributed by atoms with van der Waals surface area (Å²) in [5.74, 6) is 0. The topological polar surface area (TPSA) is 40.1 Å². The molecule has 0 amide bonds. The first-order valence-corrected chi connectivity index (χ1v) is 5.05. The van der Waals surface area contributed by atoms with Crippen molar-refractivity contribution in [3.8, 4) is 0 Å². The predicted octanol–water partition coefficient (Wildman–Crippen LogP) is 1.30. The lowest BCUT2D eigenvalue weighted by Gasteiger charge is -1.99. The van der Waals surface area contributed by atoms with Gasteiger partial charge < -0.3 is 4.55 Å². The summed E-state index contributed by atoms with van der Waals surface area (Å²) >= 11 is 0.287. The van der Waals surface area contributed by atoms with Crippen LogP contribution in [0.15, 0.2) is 16.3 Å². The molecule has 0 spiro atoms. The van der Waals surface area contributed by atoms with Crippen molar-refractivity contribution in [2.24, 2.45) is 0 Å². The highest BCUT2D eigenvalue weighted by Crippen LogP contribution is 2.19. The first kappa shape index (κ1) is 7.78. The second-order valence-corrected chi connectivity index (χ2v) is 4.02. The molecule has 2 nitrogen and oxygen atoms in total. The fourth-order valence-corrected chi connectivity index (χ4v) is 2.40. The van der Waals surface area contributed by atoms with Gasteiger partial charge >= 0.3 is 0 Å². The molecule has 0 saturated heterocycles. The molecule has 0 fully saturated rings. The second-order valence-electron chi connectivity index (χ2n) is 1.72. The van der Waals surface area contributed by atoms with Crippen LogP contribution in [0.3, 0.4) is 0 Å². The normalized spacial score (nSPS) is 13.0. The Morgan fingerprint density at radius 2 is 2.50 bits per heavy atom. The minimum atomic E-state index is -1.03. The SMILES string of the molecule is C[S+]([O-])c1ccsc1C=O. The Hall–Kier alpha value is -0.320. The van der Waals surface area contributed by atoms with E-state index >= 15 is 0 Å². The molecule has 1 atom stereocenters. The highest BCUT2D eigenvalue weighted by Gasteiger charge is 2.11. The molecule has 0 N–H and O–H groups in total. The molecule has 1 aromatic heterocycles. The molecule has 0 aliphatic rings. The average Bonchev–Trinajstić information content (AvgIpc) is 2.33. The van der Waals surface area contributed by atoms with Crippen molar-refractivity contribution < 1.29 is 9.35 Å². The van der Waals surface area contributed by atoms with E-state index in [4.69, 9.17) is 0 Å². The van der Waals surface area contributed by atoms with Gasteiger partial charge in [0, 0.05) is 6.07 Å². The largest absolute Gasteiger partial charge is 0.612 e. The highest BCUT2D eigenvalue weighted by atomic mass is 32.2. The number of rotatable bonds is 2. The summed E-state index contributed by atoms with van der Waals surface area (Å²) in [5.41, 5.74) is 0. The van der Waals surface area contributed by atoms with Crippen molar-refractivity contribution in [3.63, 3.8) is 0 Å². The van der Waals surface area contributed by atoms with Gasteiger partial charge in [0.2, 0.25) is 0 Å². The molecule has 1 aromatic rings. The molecule has 0 saturated carbocycles. The van der Waals surface area contributed by atoms with Gasteiger partial charge in [-0.15, -0.1) is 11.3 Å². The lowest BCUT2D eigenvalue weighted by atomic mass is 10.5. The Morgan fingerprint density at radius 3 is 2.90 bits per heavy atom. The summed E-state index contributed by atoms with van der Waals surface area (Å²) in [5, 5.41) is 1.76. The van der Waals surface area contributed by atoms with Gasteiger partial charge in [-0.25, -0.2) is 0 Å². The van der Waals surface area contributed by atoms with Gasteiger partial charge in [-0.05, 0) is 16.6 Å². The molecule has 0 radical (unpaired) electrons. The number of carbonyl (C=O) groups excluding carboxylic acids is 1. The van der Waals surface area contributed by atoms with Crippen LogP contribution >= 0.6 is 11.3 Å². The number of thiophene rings is 1. The van der Waals surface area contributed by atoms with Crippen molar-refractivity contribution in [2.75, 3.05) is 6.26 Å². The fraction of sp³-hybridized carbons (Fsp3) is 0.167. The molecule has 1 heterocycles. The Balaban J connectivity index is 3.01. The van der Waals surface area contributed by atoms with Crippen LogP contribution in [0.4, 0.5) is 0 Å². The van der Waals surface area contributed by atoms with Gasteiger partial charge in [-0.1, -0.05) is 0 Å². The second kappa shape index (κ2) is 3.18. The Bertz CT molecular complexity index is 229. The summed E-state index contributed by atoms with van der Waals surface area (Å²) in [6, 6.07) is 1.71. The van der Waals surface area contributed by atoms with Gasteiger partial charge in [0.05, 0.1) is 0 Å². The zero-order chi connectivity index (χ0) is 7.56. The molecule has 10 heavy (non-hydrogen) atoms. The summed E-state index contributed by atoms with van der Waals surface area (Å²) in [4.78, 5) is 11.5. The molecule has 0 aliphatic heterocycles. The molecule has 0 aromatic carbocycles. The third-order valence-corrected chi connectivity index (χ3v) is 3.02. The highest BCUT2D eigenvalue weighted by molar-refractivity contribution is 7.91. The number of hydrogen-bond donors (Lipinski definition) is 0. The predicted molar refractivity (Wildman–Crippen MR) is 42.0 cm³/mol. The van der Waals surface area contributed by atoms with Crippen LogP contribution in [0.25, 0.3) is 0 Å². The van der Waals surface area contributed by atoms with Crippen LogP contribution in [0, 0.1) is 0 Å². The van der Waals surface area contributed by atoms with Crippen LogP contribution in [-0.4, -0.2) is 17.1 Å². The quantitative estimate of drug-likeness (QED) is 0.501. The summed E-state index contributed by atoms with van der Waals surface area (Å²) in [6.45, 7) is 0. The first-order valence-electron chi connectivity index (χ1n) is 2.62. The van der Waals surface area contributed by atoms with Gasteiger partial charge in [0.1, 0.15) is 11.1 Å². The Morgan fingerprint density at radius 1 is 1.80 bits per heavy atom. The van der Waals surface area contributed by atoms with E-state index in [1.807, 2.05) is 0 Å². The van der Waals surface area contributed by atoms with E-state index in [1.54, 1.807) is 17.7 Å². The van der Waals surface area contributed by atoms with Gasteiger partial charge in [0.25, 0.3) is 0 Å². The molecule has 4 heteroatoms. The molecular weight excluding hydrogens is 168 g/mol. The summed E-state index contributed by atoms with van der Waals surface area (Å²) in [6.07, 6.45) is 2.30. The Kier molecular flexibility index (Phi) is 2.48. The van der Waals surface area contributed by atoms with Gasteiger partial charge in [-0.3, -0.25) is 4.79 Å². The van der Waals surface area contributed by atoms with E-state index in [9.17, 15) is 9.35 Å². The van der Waals surface area contributed by atoms with Crippen LogP contribution in [0.2, 0.25) is 0 Å². The fourth-order valence-electron chi connectivity index (χ4n) is 0.633. The smallest absolute Gasteiger partial charge is 0.173 e. The molecule has 0 bridgehead atoms. The zero-order valence-corrected chi connectivity index (χ0v) is 7.00. The standard InChI is InChI=1S/C6H6O2S2/c1-10(8)6-2-3-9-5(6)4-7/h2-4H,1H3. The zero-order valence-electron chi connectivity index (χ0n) is 5.37. The lowest BCUT2D eigenvalue weighted by molar-refractivity contribution is 0.112. The first-order chi connectivity index (χ1) is 4.75. The third kappa shape index (κ3) is 1.39. The number of carbonyl (C=O) groups is 1. The van der Waals surface area contributed by atoms with Crippen LogP contribution in [0.1, 0.15) is 9.67 Å². The molecule has 0 aliphatic carbocycles. The van der Waals surface area contributed by atoms with Gasteiger partial charge in [0.15, 0.2) is 11.2 Å². The maximum absolute atomic E-state index is 10.8.